The molecule has 2 fully saturated rings. The molecule has 0 unspecified atom stereocenters. The lowest BCUT2D eigenvalue weighted by atomic mass is 9.82. The van der Waals surface area contributed by atoms with Gasteiger partial charge in [-0.25, -0.2) is 0 Å². The molecule has 1 atom stereocenters. The molecular weight excluding hydrogens is 310 g/mol. The fourth-order valence-corrected chi connectivity index (χ4v) is 4.41. The molecule has 122 valence electrons. The number of anilines is 1. The molecule has 1 spiro atoms. The summed E-state index contributed by atoms with van der Waals surface area (Å²) in [6.07, 6.45) is 3.20. The van der Waals surface area contributed by atoms with Crippen molar-refractivity contribution in [3.05, 3.63) is 30.3 Å². The summed E-state index contributed by atoms with van der Waals surface area (Å²) < 4.78 is 5.97. The van der Waals surface area contributed by atoms with Gasteiger partial charge in [-0.1, -0.05) is 41.7 Å². The van der Waals surface area contributed by atoms with Crippen LogP contribution in [0.5, 0.6) is 0 Å². The summed E-state index contributed by atoms with van der Waals surface area (Å²) in [5, 5.41) is 20.9. The smallest absolute Gasteiger partial charge is 0.208 e. The van der Waals surface area contributed by atoms with Gasteiger partial charge < -0.3 is 14.7 Å². The number of hydrogen-bond acceptors (Lipinski definition) is 6. The standard InChI is InChI=1S/C17H21N3O2S/c21-14-7-4-12-22-17(14)8-10-20(11-9-17)16-19-18-15(23-16)13-5-2-1-3-6-13/h1-3,5-6,14,21H,4,7-12H2/t14-/m0/s1. The average molecular weight is 331 g/mol. The first-order valence-corrected chi connectivity index (χ1v) is 9.04. The zero-order valence-corrected chi connectivity index (χ0v) is 13.8. The van der Waals surface area contributed by atoms with Crippen LogP contribution in [0.4, 0.5) is 5.13 Å². The second-order valence-corrected chi connectivity index (χ2v) is 7.27. The van der Waals surface area contributed by atoms with Gasteiger partial charge >= 0.3 is 0 Å². The van der Waals surface area contributed by atoms with Crippen LogP contribution >= 0.6 is 11.3 Å². The quantitative estimate of drug-likeness (QED) is 0.917. The Labute approximate surface area is 139 Å². The third kappa shape index (κ3) is 2.86. The molecule has 3 heterocycles. The fourth-order valence-electron chi connectivity index (χ4n) is 3.51. The molecule has 0 radical (unpaired) electrons. The minimum atomic E-state index is -0.332. The lowest BCUT2D eigenvalue weighted by Gasteiger charge is -2.46. The summed E-state index contributed by atoms with van der Waals surface area (Å²) in [7, 11) is 0. The van der Waals surface area contributed by atoms with Crippen molar-refractivity contribution in [3.8, 4) is 10.6 Å². The van der Waals surface area contributed by atoms with Gasteiger partial charge in [-0.2, -0.15) is 0 Å². The van der Waals surface area contributed by atoms with Crippen LogP contribution in [0.1, 0.15) is 25.7 Å². The summed E-state index contributed by atoms with van der Waals surface area (Å²) in [6, 6.07) is 10.2. The lowest BCUT2D eigenvalue weighted by molar-refractivity contribution is -0.164. The first-order valence-electron chi connectivity index (χ1n) is 8.23. The maximum absolute atomic E-state index is 10.3. The highest BCUT2D eigenvalue weighted by molar-refractivity contribution is 7.18. The molecule has 2 aromatic rings. The van der Waals surface area contributed by atoms with E-state index in [1.165, 1.54) is 0 Å². The molecule has 2 saturated heterocycles. The number of piperidine rings is 1. The fraction of sp³-hybridized carbons (Fsp3) is 0.529. The van der Waals surface area contributed by atoms with Crippen LogP contribution in [-0.2, 0) is 4.74 Å². The largest absolute Gasteiger partial charge is 0.390 e. The number of hydrogen-bond donors (Lipinski definition) is 1. The first kappa shape index (κ1) is 15.1. The third-order valence-corrected chi connectivity index (χ3v) is 5.97. The monoisotopic (exact) mass is 331 g/mol. The van der Waals surface area contributed by atoms with Gasteiger partial charge in [0.2, 0.25) is 5.13 Å². The Morgan fingerprint density at radius 1 is 1.17 bits per heavy atom. The molecule has 0 aliphatic carbocycles. The Kier molecular flexibility index (Phi) is 4.05. The van der Waals surface area contributed by atoms with Crippen molar-refractivity contribution in [2.45, 2.75) is 37.4 Å². The summed E-state index contributed by atoms with van der Waals surface area (Å²) >= 11 is 1.63. The van der Waals surface area contributed by atoms with Crippen LogP contribution in [0.25, 0.3) is 10.6 Å². The van der Waals surface area contributed by atoms with E-state index < -0.39 is 0 Å². The first-order chi connectivity index (χ1) is 11.3. The molecule has 2 aliphatic rings. The van der Waals surface area contributed by atoms with E-state index in [0.717, 1.165) is 61.1 Å². The van der Waals surface area contributed by atoms with E-state index in [9.17, 15) is 5.11 Å². The Hall–Kier alpha value is -1.50. The third-order valence-electron chi connectivity index (χ3n) is 4.93. The second-order valence-electron chi connectivity index (χ2n) is 6.31. The summed E-state index contributed by atoms with van der Waals surface area (Å²) in [4.78, 5) is 2.26. The van der Waals surface area contributed by atoms with E-state index in [1.54, 1.807) is 11.3 Å². The molecule has 0 saturated carbocycles. The van der Waals surface area contributed by atoms with Crippen LogP contribution in [-0.4, -0.2) is 46.7 Å². The van der Waals surface area contributed by atoms with E-state index in [0.29, 0.717) is 0 Å². The van der Waals surface area contributed by atoms with Gasteiger partial charge in [-0.3, -0.25) is 0 Å². The van der Waals surface area contributed by atoms with Crippen molar-refractivity contribution in [1.29, 1.82) is 0 Å². The van der Waals surface area contributed by atoms with Crippen LogP contribution in [0.2, 0.25) is 0 Å². The minimum Gasteiger partial charge on any atom is -0.390 e. The van der Waals surface area contributed by atoms with Gasteiger partial charge in [0.1, 0.15) is 5.01 Å². The van der Waals surface area contributed by atoms with Gasteiger partial charge in [0.05, 0.1) is 11.7 Å². The second kappa shape index (κ2) is 6.19. The molecule has 23 heavy (non-hydrogen) atoms. The molecule has 1 aromatic heterocycles. The van der Waals surface area contributed by atoms with Crippen molar-refractivity contribution in [2.75, 3.05) is 24.6 Å². The predicted molar refractivity (Wildman–Crippen MR) is 90.7 cm³/mol. The van der Waals surface area contributed by atoms with Crippen molar-refractivity contribution >= 4 is 16.5 Å². The number of ether oxygens (including phenoxy) is 1. The van der Waals surface area contributed by atoms with E-state index in [4.69, 9.17) is 4.74 Å². The van der Waals surface area contributed by atoms with E-state index in [-0.39, 0.29) is 11.7 Å². The van der Waals surface area contributed by atoms with E-state index in [2.05, 4.69) is 27.2 Å². The van der Waals surface area contributed by atoms with Gasteiger partial charge in [0.25, 0.3) is 0 Å². The van der Waals surface area contributed by atoms with E-state index >= 15 is 0 Å². The Morgan fingerprint density at radius 3 is 2.70 bits per heavy atom. The van der Waals surface area contributed by atoms with Gasteiger partial charge in [0, 0.05) is 25.3 Å². The molecule has 4 rings (SSSR count). The van der Waals surface area contributed by atoms with Crippen LogP contribution in [0.15, 0.2) is 30.3 Å². The van der Waals surface area contributed by atoms with Crippen molar-refractivity contribution in [2.24, 2.45) is 0 Å². The molecule has 0 amide bonds. The molecular formula is C17H21N3O2S. The van der Waals surface area contributed by atoms with Gasteiger partial charge in [-0.15, -0.1) is 10.2 Å². The molecule has 1 N–H and O–H groups in total. The highest BCUT2D eigenvalue weighted by Crippen LogP contribution is 2.37. The van der Waals surface area contributed by atoms with E-state index in [1.807, 2.05) is 18.2 Å². The van der Waals surface area contributed by atoms with Crippen LogP contribution in [0.3, 0.4) is 0 Å². The number of nitrogens with zero attached hydrogens (tertiary/aromatic N) is 3. The molecule has 1 aromatic carbocycles. The SMILES string of the molecule is O[C@H]1CCCOC12CCN(c1nnc(-c3ccccc3)s1)CC2. The number of aromatic nitrogens is 2. The maximum Gasteiger partial charge on any atom is 0.208 e. The predicted octanol–water partition coefficient (Wildman–Crippen LogP) is 2.72. The normalized spacial score (nSPS) is 24.0. The molecule has 6 heteroatoms. The molecule has 0 bridgehead atoms. The summed E-state index contributed by atoms with van der Waals surface area (Å²) in [5.74, 6) is 0. The average Bonchev–Trinajstić information content (AvgIpc) is 3.09. The highest BCUT2D eigenvalue weighted by Gasteiger charge is 2.44. The zero-order valence-electron chi connectivity index (χ0n) is 13.0. The molecule has 5 nitrogen and oxygen atoms in total. The summed E-state index contributed by atoms with van der Waals surface area (Å²) in [6.45, 7) is 2.50. The molecule has 2 aliphatic heterocycles. The van der Waals surface area contributed by atoms with Crippen molar-refractivity contribution in [3.63, 3.8) is 0 Å². The number of aliphatic hydroxyl groups excluding tert-OH is 1. The topological polar surface area (TPSA) is 58.5 Å². The highest BCUT2D eigenvalue weighted by atomic mass is 32.1. The van der Waals surface area contributed by atoms with Crippen LogP contribution < -0.4 is 4.90 Å². The Balaban J connectivity index is 1.46. The minimum absolute atomic E-state index is 0.326. The number of benzene rings is 1. The van der Waals surface area contributed by atoms with Crippen molar-refractivity contribution < 1.29 is 9.84 Å². The maximum atomic E-state index is 10.3. The Morgan fingerprint density at radius 2 is 1.96 bits per heavy atom. The number of rotatable bonds is 2. The van der Waals surface area contributed by atoms with Gasteiger partial charge in [0.15, 0.2) is 0 Å². The summed E-state index contributed by atoms with van der Waals surface area (Å²) in [5.41, 5.74) is 0.776. The Bertz CT molecular complexity index is 653. The zero-order chi connectivity index (χ0) is 15.7. The van der Waals surface area contributed by atoms with Crippen LogP contribution in [0, 0.1) is 0 Å². The van der Waals surface area contributed by atoms with Crippen molar-refractivity contribution in [1.82, 2.24) is 10.2 Å². The number of aliphatic hydroxyl groups is 1. The van der Waals surface area contributed by atoms with Gasteiger partial charge in [-0.05, 0) is 25.7 Å². The lowest BCUT2D eigenvalue weighted by Crippen LogP contribution is -2.55.